The molecule has 0 aromatic rings. The molecule has 0 atom stereocenters. The third-order valence-electron chi connectivity index (χ3n) is 17.3. The molecule has 0 aliphatic rings. The number of ether oxygens (including phenoxy) is 20. The van der Waals surface area contributed by atoms with E-state index in [9.17, 15) is 57.5 Å². The highest BCUT2D eigenvalue weighted by Gasteiger charge is 2.26. The Labute approximate surface area is 774 Å². The molecule has 0 saturated carbocycles. The minimum Gasteiger partial charge on any atom is -0.379 e. The van der Waals surface area contributed by atoms with E-state index in [4.69, 9.17) is 117 Å². The van der Waals surface area contributed by atoms with Crippen LogP contribution in [0.5, 0.6) is 0 Å². The molecule has 0 aliphatic carbocycles. The fraction of sp³-hybridized carbons (Fsp3) is 0.850. The van der Waals surface area contributed by atoms with Crippen molar-refractivity contribution in [1.82, 2.24) is 59.6 Å². The molecule has 0 rings (SSSR count). The van der Waals surface area contributed by atoms with Crippen LogP contribution >= 0.6 is 0 Å². The number of nitrogens with zero attached hydrogens (tertiary/aromatic N) is 16. The van der Waals surface area contributed by atoms with Crippen molar-refractivity contribution in [3.63, 3.8) is 0 Å². The van der Waals surface area contributed by atoms with E-state index >= 15 is 0 Å². The zero-order valence-corrected chi connectivity index (χ0v) is 79.4. The summed E-state index contributed by atoms with van der Waals surface area (Å²) in [4.78, 5) is 166. The average molecular weight is 1910 g/mol. The summed E-state index contributed by atoms with van der Waals surface area (Å²) in [7, 11) is 14.2. The molecule has 52 heteroatoms. The minimum absolute atomic E-state index is 0.0959. The molecule has 6 N–H and O–H groups in total. The van der Waals surface area contributed by atoms with Crippen molar-refractivity contribution >= 4 is 70.9 Å². The molecule has 0 aromatic carbocycles. The first-order chi connectivity index (χ1) is 63.7. The first-order valence-electron chi connectivity index (χ1n) is 43.6. The number of carbonyl (C=O) groups is 12. The number of hydrogen-bond donors (Lipinski definition) is 4. The highest BCUT2D eigenvalue weighted by Crippen LogP contribution is 2.03. The van der Waals surface area contributed by atoms with Gasteiger partial charge in [-0.3, -0.25) is 57.5 Å². The van der Waals surface area contributed by atoms with E-state index in [-0.39, 0.29) is 136 Å². The van der Waals surface area contributed by atoms with Gasteiger partial charge in [-0.2, -0.15) is 0 Å². The summed E-state index contributed by atoms with van der Waals surface area (Å²) in [5, 5.41) is 12.0. The van der Waals surface area contributed by atoms with Crippen molar-refractivity contribution in [2.75, 3.05) is 439 Å². The molecule has 0 fully saturated rings. The maximum Gasteiger partial charge on any atom is 0.242 e. The fourth-order valence-electron chi connectivity index (χ4n) is 9.63. The van der Waals surface area contributed by atoms with E-state index in [1.807, 2.05) is 0 Å². The second-order valence-corrected chi connectivity index (χ2v) is 28.4. The molecule has 0 saturated heterocycles. The maximum atomic E-state index is 12.7. The minimum atomic E-state index is -0.522. The maximum absolute atomic E-state index is 12.7. The van der Waals surface area contributed by atoms with Gasteiger partial charge in [0.2, 0.25) is 70.9 Å². The van der Waals surface area contributed by atoms with E-state index in [2.05, 4.69) is 30.7 Å². The Morgan fingerprint density at radius 3 is 0.485 bits per heavy atom. The van der Waals surface area contributed by atoms with Crippen molar-refractivity contribution < 1.29 is 152 Å². The van der Waals surface area contributed by atoms with Gasteiger partial charge in [-0.1, -0.05) is 10.2 Å². The molecule has 0 unspecified atom stereocenters. The number of carbonyl (C=O) groups excluding carboxylic acids is 12. The van der Waals surface area contributed by atoms with Gasteiger partial charge in [0.05, 0.1) is 330 Å². The van der Waals surface area contributed by atoms with Gasteiger partial charge in [-0.15, -0.1) is 0 Å². The Bertz CT molecular complexity index is 3130. The lowest BCUT2D eigenvalue weighted by atomic mass is 10.3. The van der Waals surface area contributed by atoms with Crippen LogP contribution in [0.2, 0.25) is 0 Å². The third kappa shape index (κ3) is 78.8. The SMILES string of the molecule is CN(CC(=O)NCCOCCOCCOCCOCCOCCN=[N+]=[N-])C(=O)CN(C)C(=O)CN(C)C(=O)CN(C)C(=O)CN(C)C(=O)CCN.CN(CC(=O)NCCOCCOCCOCCOCCOCCOCCOCCOCCOCCOCCOCCOCCOCCOCCOCCN=[N+]=[N-])C(=O)CN(C)C(=O)CN(C)C(=O)CN(C)C(=O)CN(C)C(=O)CCN. The van der Waals surface area contributed by atoms with Crippen LogP contribution in [0.25, 0.3) is 20.9 Å². The number of rotatable bonds is 90. The summed E-state index contributed by atoms with van der Waals surface area (Å²) in [5.74, 6) is -5.35. The Morgan fingerprint density at radius 2 is 0.341 bits per heavy atom. The zero-order valence-electron chi connectivity index (χ0n) is 79.4. The number of nitrogens with two attached hydrogens (primary N) is 2. The van der Waals surface area contributed by atoms with Crippen LogP contribution in [-0.4, -0.2) is 559 Å². The Kier molecular flexibility index (Phi) is 85.7. The third-order valence-corrected chi connectivity index (χ3v) is 17.3. The molecule has 764 valence electrons. The van der Waals surface area contributed by atoms with Gasteiger partial charge < -0.3 is 166 Å². The van der Waals surface area contributed by atoms with Gasteiger partial charge in [0.25, 0.3) is 0 Å². The predicted molar refractivity (Wildman–Crippen MR) is 474 cm³/mol. The number of amides is 12. The summed E-state index contributed by atoms with van der Waals surface area (Å²) in [6.07, 6.45) is 0.197. The largest absolute Gasteiger partial charge is 0.379 e. The van der Waals surface area contributed by atoms with Crippen LogP contribution in [0.4, 0.5) is 0 Å². The van der Waals surface area contributed by atoms with Crippen molar-refractivity contribution in [2.45, 2.75) is 12.8 Å². The lowest BCUT2D eigenvalue weighted by Crippen LogP contribution is -2.48. The Hall–Kier alpha value is -8.62. The van der Waals surface area contributed by atoms with E-state index < -0.39 is 59.1 Å². The van der Waals surface area contributed by atoms with Crippen molar-refractivity contribution in [3.8, 4) is 0 Å². The van der Waals surface area contributed by atoms with Crippen molar-refractivity contribution in [3.05, 3.63) is 20.9 Å². The second kappa shape index (κ2) is 90.2. The van der Waals surface area contributed by atoms with Crippen LogP contribution in [0.3, 0.4) is 0 Å². The van der Waals surface area contributed by atoms with E-state index in [1.54, 1.807) is 0 Å². The summed E-state index contributed by atoms with van der Waals surface area (Å²) in [6, 6.07) is 0. The first-order valence-corrected chi connectivity index (χ1v) is 43.6. The number of hydrogen-bond acceptors (Lipinski definition) is 36. The number of nitrogens with one attached hydrogen (secondary N) is 2. The van der Waals surface area contributed by atoms with Gasteiger partial charge in [-0.05, 0) is 11.1 Å². The average Bonchev–Trinajstić information content (AvgIpc) is 0.873. The molecule has 52 nitrogen and oxygen atoms in total. The van der Waals surface area contributed by atoms with Gasteiger partial charge in [0.1, 0.15) is 0 Å². The Balaban J connectivity index is 0. The zero-order chi connectivity index (χ0) is 98.1. The highest BCUT2D eigenvalue weighted by molar-refractivity contribution is 5.93. The van der Waals surface area contributed by atoms with Crippen LogP contribution in [0.1, 0.15) is 12.8 Å². The lowest BCUT2D eigenvalue weighted by Gasteiger charge is -2.26. The quantitative estimate of drug-likeness (QED) is 0.0191. The molecule has 0 spiro atoms. The van der Waals surface area contributed by atoms with Gasteiger partial charge in [0, 0.05) is 132 Å². The van der Waals surface area contributed by atoms with Gasteiger partial charge in [-0.25, -0.2) is 0 Å². The second-order valence-electron chi connectivity index (χ2n) is 28.4. The van der Waals surface area contributed by atoms with E-state index in [1.165, 1.54) is 90.1 Å². The van der Waals surface area contributed by atoms with Gasteiger partial charge in [0.15, 0.2) is 0 Å². The van der Waals surface area contributed by atoms with Crippen molar-refractivity contribution in [1.29, 1.82) is 0 Å². The molecule has 12 amide bonds. The Morgan fingerprint density at radius 1 is 0.212 bits per heavy atom. The van der Waals surface area contributed by atoms with Crippen LogP contribution < -0.4 is 22.1 Å². The molecule has 0 aliphatic heterocycles. The van der Waals surface area contributed by atoms with E-state index in [0.29, 0.717) is 258 Å². The molecule has 0 bridgehead atoms. The summed E-state index contributed by atoms with van der Waals surface area (Å²) in [6.45, 7) is 15.2. The molecule has 132 heavy (non-hydrogen) atoms. The molecule has 0 heterocycles. The van der Waals surface area contributed by atoms with Crippen LogP contribution in [-0.2, 0) is 152 Å². The van der Waals surface area contributed by atoms with Crippen LogP contribution in [0, 0.1) is 0 Å². The molecule has 0 aromatic heterocycles. The molecule has 0 radical (unpaired) electrons. The summed E-state index contributed by atoms with van der Waals surface area (Å²) < 4.78 is 109. The van der Waals surface area contributed by atoms with Crippen LogP contribution in [0.15, 0.2) is 10.2 Å². The van der Waals surface area contributed by atoms with Gasteiger partial charge >= 0.3 is 0 Å². The molecular weight excluding hydrogens is 1750 g/mol. The van der Waals surface area contributed by atoms with Crippen molar-refractivity contribution in [2.24, 2.45) is 21.7 Å². The number of likely N-dealkylation sites (N-methyl/N-ethyl adjacent to an activating group) is 10. The summed E-state index contributed by atoms with van der Waals surface area (Å²) in [5.41, 5.74) is 27.1. The highest BCUT2D eigenvalue weighted by atomic mass is 16.6. The monoisotopic (exact) mass is 1910 g/mol. The van der Waals surface area contributed by atoms with E-state index in [0.717, 1.165) is 29.4 Å². The lowest BCUT2D eigenvalue weighted by molar-refractivity contribution is -0.145. The standard InChI is InChI=1S/C50H96N10O21.C30H56N10O11/c1-56(47(63)42-58(3)49(65)44-60(5)50(66)43-59(4)48(64)41-57(2)46(62)6-7-51)40-45(61)53-8-10-67-12-14-69-16-18-71-20-22-73-24-26-75-28-30-77-32-34-79-36-38-81-39-37-80-35-33-78-31-29-76-27-25-74-23-21-72-19-17-70-15-13-68-11-9-54-55-52;1-36(20-25(41)33-8-10-47-12-14-49-16-18-51-19-17-50-15-13-48-11-9-34-35-32)27(43)22-38(3)29(45)24-40(5)30(46)23-39(4)28(44)21-37(2)26(42)6-7-31/h6-44,51H2,1-5H3,(H,53,61);6-24,31H2,1-5H3,(H,33,41). The predicted octanol–water partition coefficient (Wildman–Crippen LogP) is -5.56. The smallest absolute Gasteiger partial charge is 0.242 e. The fourth-order valence-corrected chi connectivity index (χ4v) is 9.63. The topological polar surface area (TPSA) is 595 Å². The molecular formula is C80H152N20O32. The normalized spacial score (nSPS) is 10.9. The summed E-state index contributed by atoms with van der Waals surface area (Å²) >= 11 is 0. The number of azide groups is 2. The first kappa shape index (κ1) is 125.